The van der Waals surface area contributed by atoms with Crippen LogP contribution >= 0.6 is 0 Å². The number of piperazine rings is 1. The molecule has 0 aliphatic carbocycles. The van der Waals surface area contributed by atoms with Gasteiger partial charge in [0.05, 0.1) is 17.0 Å². The third-order valence-corrected chi connectivity index (χ3v) is 7.38. The molecule has 2 aliphatic rings. The first kappa shape index (κ1) is 24.0. The van der Waals surface area contributed by atoms with Crippen molar-refractivity contribution in [2.75, 3.05) is 37.3 Å². The molecule has 2 aromatic rings. The van der Waals surface area contributed by atoms with Crippen molar-refractivity contribution in [1.82, 2.24) is 4.90 Å². The Hall–Kier alpha value is -2.17. The maximum Gasteiger partial charge on any atom is 0.414 e. The van der Waals surface area contributed by atoms with Gasteiger partial charge in [0, 0.05) is 38.1 Å². The van der Waals surface area contributed by atoms with Crippen molar-refractivity contribution < 1.29 is 30.7 Å². The second-order valence-corrected chi connectivity index (χ2v) is 10.7. The van der Waals surface area contributed by atoms with Crippen molar-refractivity contribution in [3.05, 3.63) is 59.9 Å². The van der Waals surface area contributed by atoms with Gasteiger partial charge in [-0.15, -0.1) is 0 Å². The highest BCUT2D eigenvalue weighted by Crippen LogP contribution is 2.35. The van der Waals surface area contributed by atoms with E-state index in [2.05, 4.69) is 4.90 Å². The minimum absolute atomic E-state index is 0.0480. The summed E-state index contributed by atoms with van der Waals surface area (Å²) in [7, 11) is -3.37. The van der Waals surface area contributed by atoms with E-state index in [0.717, 1.165) is 17.5 Å². The molecular weight excluding hydrogens is 460 g/mol. The topological polar surface area (TPSA) is 49.9 Å². The number of hydrogen-bond donors (Lipinski definition) is 0. The van der Waals surface area contributed by atoms with E-state index in [4.69, 9.17) is 4.74 Å². The zero-order valence-electron chi connectivity index (χ0n) is 18.1. The number of anilines is 1. The molecular formula is C23H26F4N2O3S. The minimum Gasteiger partial charge on any atom is -0.368 e. The molecule has 0 aromatic heterocycles. The second kappa shape index (κ2) is 9.23. The Morgan fingerprint density at radius 3 is 2.42 bits per heavy atom. The first-order valence-electron chi connectivity index (χ1n) is 10.8. The summed E-state index contributed by atoms with van der Waals surface area (Å²) in [6.45, 7) is 1.93. The number of ether oxygens (including phenoxy) is 1. The molecule has 2 fully saturated rings. The fourth-order valence-electron chi connectivity index (χ4n) is 4.53. The summed E-state index contributed by atoms with van der Waals surface area (Å²) >= 11 is 0. The molecule has 10 heteroatoms. The summed E-state index contributed by atoms with van der Waals surface area (Å²) in [5.74, 6) is -0.369. The van der Waals surface area contributed by atoms with Crippen molar-refractivity contribution in [2.24, 2.45) is 0 Å². The predicted octanol–water partition coefficient (Wildman–Crippen LogP) is 4.20. The fourth-order valence-corrected chi connectivity index (χ4v) is 5.19. The van der Waals surface area contributed by atoms with Crippen molar-refractivity contribution >= 4 is 15.5 Å². The Bertz CT molecular complexity index is 1080. The number of sulfone groups is 1. The lowest BCUT2D eigenvalue weighted by atomic mass is 10.0. The van der Waals surface area contributed by atoms with E-state index in [0.29, 0.717) is 32.6 Å². The van der Waals surface area contributed by atoms with Crippen molar-refractivity contribution in [3.8, 4) is 0 Å². The number of benzene rings is 2. The Labute approximate surface area is 190 Å². The molecule has 0 bridgehead atoms. The molecule has 0 amide bonds. The smallest absolute Gasteiger partial charge is 0.368 e. The van der Waals surface area contributed by atoms with Gasteiger partial charge in [-0.2, -0.15) is 13.2 Å². The molecule has 0 N–H and O–H groups in total. The zero-order valence-corrected chi connectivity index (χ0v) is 18.9. The molecule has 2 saturated heterocycles. The highest BCUT2D eigenvalue weighted by molar-refractivity contribution is 7.90. The molecule has 2 aromatic carbocycles. The van der Waals surface area contributed by atoms with Crippen LogP contribution in [0.4, 0.5) is 23.2 Å². The lowest BCUT2D eigenvalue weighted by Gasteiger charge is -2.43. The first-order valence-corrected chi connectivity index (χ1v) is 12.7. The van der Waals surface area contributed by atoms with Crippen LogP contribution < -0.4 is 4.90 Å². The van der Waals surface area contributed by atoms with Crippen LogP contribution in [0.15, 0.2) is 53.4 Å². The van der Waals surface area contributed by atoms with Gasteiger partial charge < -0.3 is 9.64 Å². The molecule has 0 spiro atoms. The summed E-state index contributed by atoms with van der Waals surface area (Å²) in [6, 6.07) is 12.6. The number of hydrogen-bond acceptors (Lipinski definition) is 5. The van der Waals surface area contributed by atoms with Crippen LogP contribution in [0.3, 0.4) is 0 Å². The number of alkyl halides is 3. The maximum atomic E-state index is 13.5. The molecule has 0 radical (unpaired) electrons. The van der Waals surface area contributed by atoms with Crippen LogP contribution in [0.2, 0.25) is 0 Å². The van der Waals surface area contributed by atoms with E-state index in [-0.39, 0.29) is 23.2 Å². The third-order valence-electron chi connectivity index (χ3n) is 6.27. The van der Waals surface area contributed by atoms with Gasteiger partial charge in [-0.1, -0.05) is 18.2 Å². The standard InChI is InChI=1S/C23H26F4N2O3S/c1-33(30,31)20-4-2-3-18(13-20)28-11-12-29(14-19-9-10-22(32-19)23(25,26)27)21(15-28)16-5-7-17(24)8-6-16/h2-8,13,19,21-22H,9-12,14-15H2,1H3/t19?,21-,22?/m1/s1. The predicted molar refractivity (Wildman–Crippen MR) is 116 cm³/mol. The van der Waals surface area contributed by atoms with E-state index in [1.807, 2.05) is 11.0 Å². The largest absolute Gasteiger partial charge is 0.414 e. The van der Waals surface area contributed by atoms with E-state index in [1.165, 1.54) is 12.1 Å². The van der Waals surface area contributed by atoms with Gasteiger partial charge in [-0.3, -0.25) is 4.90 Å². The molecule has 4 rings (SSSR count). The third kappa shape index (κ3) is 5.67. The van der Waals surface area contributed by atoms with Crippen LogP contribution in [-0.2, 0) is 14.6 Å². The van der Waals surface area contributed by atoms with Gasteiger partial charge in [0.25, 0.3) is 0 Å². The zero-order chi connectivity index (χ0) is 23.8. The Kier molecular flexibility index (Phi) is 6.70. The molecule has 180 valence electrons. The molecule has 5 nitrogen and oxygen atoms in total. The molecule has 2 heterocycles. The molecule has 0 saturated carbocycles. The van der Waals surface area contributed by atoms with Crippen molar-refractivity contribution in [3.63, 3.8) is 0 Å². The molecule has 3 atom stereocenters. The number of rotatable bonds is 5. The Morgan fingerprint density at radius 2 is 1.79 bits per heavy atom. The van der Waals surface area contributed by atoms with Crippen LogP contribution in [-0.4, -0.2) is 64.1 Å². The monoisotopic (exact) mass is 486 g/mol. The quantitative estimate of drug-likeness (QED) is 0.593. The summed E-state index contributed by atoms with van der Waals surface area (Å²) in [5.41, 5.74) is 1.59. The number of halogens is 4. The van der Waals surface area contributed by atoms with Crippen LogP contribution in [0.25, 0.3) is 0 Å². The van der Waals surface area contributed by atoms with E-state index < -0.39 is 28.2 Å². The van der Waals surface area contributed by atoms with E-state index >= 15 is 0 Å². The van der Waals surface area contributed by atoms with E-state index in [9.17, 15) is 26.0 Å². The lowest BCUT2D eigenvalue weighted by Crippen LogP contribution is -2.50. The Morgan fingerprint density at radius 1 is 1.06 bits per heavy atom. The van der Waals surface area contributed by atoms with Crippen LogP contribution in [0.1, 0.15) is 24.4 Å². The number of nitrogens with zero attached hydrogens (tertiary/aromatic N) is 2. The second-order valence-electron chi connectivity index (χ2n) is 8.64. The van der Waals surface area contributed by atoms with Gasteiger partial charge in [-0.05, 0) is 48.7 Å². The molecule has 2 aliphatic heterocycles. The molecule has 2 unspecified atom stereocenters. The fraction of sp³-hybridized carbons (Fsp3) is 0.478. The average Bonchev–Trinajstić information content (AvgIpc) is 3.23. The first-order chi connectivity index (χ1) is 15.5. The minimum atomic E-state index is -4.37. The average molecular weight is 487 g/mol. The maximum absolute atomic E-state index is 13.5. The van der Waals surface area contributed by atoms with Crippen LogP contribution in [0, 0.1) is 5.82 Å². The van der Waals surface area contributed by atoms with Gasteiger partial charge >= 0.3 is 6.18 Å². The van der Waals surface area contributed by atoms with Crippen molar-refractivity contribution in [1.29, 1.82) is 0 Å². The summed E-state index contributed by atoms with van der Waals surface area (Å²) in [6.07, 6.45) is -5.19. The van der Waals surface area contributed by atoms with Crippen LogP contribution in [0.5, 0.6) is 0 Å². The summed E-state index contributed by atoms with van der Waals surface area (Å²) in [4.78, 5) is 4.35. The highest BCUT2D eigenvalue weighted by atomic mass is 32.2. The normalized spacial score (nSPS) is 24.9. The molecule has 33 heavy (non-hydrogen) atoms. The lowest BCUT2D eigenvalue weighted by molar-refractivity contribution is -0.216. The van der Waals surface area contributed by atoms with Gasteiger partial charge in [0.15, 0.2) is 15.9 Å². The van der Waals surface area contributed by atoms with Gasteiger partial charge in [0.1, 0.15) is 5.82 Å². The van der Waals surface area contributed by atoms with Gasteiger partial charge in [-0.25, -0.2) is 12.8 Å². The summed E-state index contributed by atoms with van der Waals surface area (Å²) < 4.78 is 81.8. The Balaban J connectivity index is 1.55. The van der Waals surface area contributed by atoms with E-state index in [1.54, 1.807) is 30.3 Å². The van der Waals surface area contributed by atoms with Gasteiger partial charge in [0.2, 0.25) is 0 Å². The highest BCUT2D eigenvalue weighted by Gasteiger charge is 2.46. The SMILES string of the molecule is CS(=O)(=O)c1cccc(N2CCN(CC3CCC(C(F)(F)F)O3)[C@@H](c3ccc(F)cc3)C2)c1. The summed E-state index contributed by atoms with van der Waals surface area (Å²) in [5, 5.41) is 0. The van der Waals surface area contributed by atoms with Crippen molar-refractivity contribution in [2.45, 2.75) is 42.2 Å².